The summed E-state index contributed by atoms with van der Waals surface area (Å²) < 4.78 is 0. The number of aliphatic carboxylic acids is 1. The largest absolute Gasteiger partial charge is 0.480 e. The fourth-order valence-electron chi connectivity index (χ4n) is 2.36. The first-order valence-electron chi connectivity index (χ1n) is 7.12. The van der Waals surface area contributed by atoms with Crippen LogP contribution in [0, 0.1) is 0 Å². The number of hydrogen-bond donors (Lipinski definition) is 4. The van der Waals surface area contributed by atoms with Gasteiger partial charge in [-0.25, -0.2) is 14.6 Å². The van der Waals surface area contributed by atoms with E-state index in [0.29, 0.717) is 12.2 Å². The van der Waals surface area contributed by atoms with Crippen molar-refractivity contribution in [3.63, 3.8) is 0 Å². The summed E-state index contributed by atoms with van der Waals surface area (Å²) in [5.74, 6) is -1.07. The first-order chi connectivity index (χ1) is 10.1. The second kappa shape index (κ2) is 7.63. The second-order valence-electron chi connectivity index (χ2n) is 5.12. The number of carbonyl (C=O) groups excluding carboxylic acids is 1. The van der Waals surface area contributed by atoms with Crippen LogP contribution in [0.3, 0.4) is 0 Å². The number of nitrogens with one attached hydrogen (secondary N) is 3. The van der Waals surface area contributed by atoms with Crippen LogP contribution in [0.1, 0.15) is 18.5 Å². The number of imidazole rings is 1. The van der Waals surface area contributed by atoms with Crippen molar-refractivity contribution in [3.8, 4) is 0 Å². The van der Waals surface area contributed by atoms with Gasteiger partial charge < -0.3 is 25.6 Å². The zero-order valence-electron chi connectivity index (χ0n) is 11.8. The van der Waals surface area contributed by atoms with Crippen LogP contribution in [0.5, 0.6) is 0 Å². The molecule has 2 amide bonds. The molecule has 0 bridgehead atoms. The standard InChI is InChI=1S/C13H21N5O3/c19-12(20)11(7-10-8-14-9-16-10)17-13(21)15-3-6-18-4-1-2-5-18/h8-9,11H,1-7H2,(H,14,16)(H,19,20)(H2,15,17,21)/t11-/m0/s1. The Hall–Kier alpha value is -2.09. The molecule has 2 heterocycles. The quantitative estimate of drug-likeness (QED) is 0.557. The number of hydrogen-bond acceptors (Lipinski definition) is 4. The summed E-state index contributed by atoms with van der Waals surface area (Å²) >= 11 is 0. The summed E-state index contributed by atoms with van der Waals surface area (Å²) in [6.45, 7) is 3.45. The van der Waals surface area contributed by atoms with E-state index in [4.69, 9.17) is 5.11 Å². The van der Waals surface area contributed by atoms with Crippen LogP contribution in [0.25, 0.3) is 0 Å². The van der Waals surface area contributed by atoms with Gasteiger partial charge in [-0.2, -0.15) is 0 Å². The average Bonchev–Trinajstić information content (AvgIpc) is 3.10. The van der Waals surface area contributed by atoms with Crippen molar-refractivity contribution in [1.82, 2.24) is 25.5 Å². The molecule has 0 unspecified atom stereocenters. The Kier molecular flexibility index (Phi) is 5.56. The molecule has 1 aliphatic heterocycles. The first-order valence-corrected chi connectivity index (χ1v) is 7.12. The van der Waals surface area contributed by atoms with Crippen LogP contribution in [0.2, 0.25) is 0 Å². The van der Waals surface area contributed by atoms with Gasteiger partial charge in [0.25, 0.3) is 0 Å². The van der Waals surface area contributed by atoms with Crippen molar-refractivity contribution in [2.75, 3.05) is 26.2 Å². The van der Waals surface area contributed by atoms with Gasteiger partial charge in [0.15, 0.2) is 0 Å². The second-order valence-corrected chi connectivity index (χ2v) is 5.12. The number of aromatic amines is 1. The third kappa shape index (κ3) is 5.07. The van der Waals surface area contributed by atoms with Crippen LogP contribution in [-0.2, 0) is 11.2 Å². The summed E-state index contributed by atoms with van der Waals surface area (Å²) in [6.07, 6.45) is 5.61. The molecule has 1 saturated heterocycles. The Balaban J connectivity index is 1.71. The van der Waals surface area contributed by atoms with Gasteiger partial charge in [0.1, 0.15) is 6.04 Å². The highest BCUT2D eigenvalue weighted by Crippen LogP contribution is 2.05. The summed E-state index contributed by atoms with van der Waals surface area (Å²) in [5.41, 5.74) is 0.666. The maximum atomic E-state index is 11.7. The van der Waals surface area contributed by atoms with Crippen molar-refractivity contribution >= 4 is 12.0 Å². The first kappa shape index (κ1) is 15.3. The molecule has 21 heavy (non-hydrogen) atoms. The molecule has 4 N–H and O–H groups in total. The van der Waals surface area contributed by atoms with Crippen molar-refractivity contribution in [2.45, 2.75) is 25.3 Å². The predicted molar refractivity (Wildman–Crippen MR) is 75.9 cm³/mol. The van der Waals surface area contributed by atoms with Crippen LogP contribution in [0.4, 0.5) is 4.79 Å². The maximum absolute atomic E-state index is 11.7. The van der Waals surface area contributed by atoms with Crippen LogP contribution in [-0.4, -0.2) is 64.2 Å². The van der Waals surface area contributed by atoms with E-state index in [1.54, 1.807) is 6.20 Å². The fourth-order valence-corrected chi connectivity index (χ4v) is 2.36. The minimum absolute atomic E-state index is 0.175. The van der Waals surface area contributed by atoms with Crippen molar-refractivity contribution in [2.24, 2.45) is 0 Å². The third-order valence-corrected chi connectivity index (χ3v) is 3.49. The van der Waals surface area contributed by atoms with Crippen LogP contribution >= 0.6 is 0 Å². The monoisotopic (exact) mass is 295 g/mol. The highest BCUT2D eigenvalue weighted by molar-refractivity contribution is 5.82. The van der Waals surface area contributed by atoms with E-state index in [1.807, 2.05) is 0 Å². The fraction of sp³-hybridized carbons (Fsp3) is 0.615. The van der Waals surface area contributed by atoms with E-state index in [2.05, 4.69) is 25.5 Å². The number of carboxylic acid groups (broad SMARTS) is 1. The predicted octanol–water partition coefficient (Wildman–Crippen LogP) is -0.200. The SMILES string of the molecule is O=C(NCCN1CCCC1)N[C@@H](Cc1cnc[nH]1)C(=O)O. The summed E-state index contributed by atoms with van der Waals surface area (Å²) in [5, 5.41) is 14.3. The molecular formula is C13H21N5O3. The van der Waals surface area contributed by atoms with Gasteiger partial charge in [-0.05, 0) is 25.9 Å². The van der Waals surface area contributed by atoms with E-state index in [0.717, 1.165) is 19.6 Å². The van der Waals surface area contributed by atoms with Crippen molar-refractivity contribution < 1.29 is 14.7 Å². The summed E-state index contributed by atoms with van der Waals surface area (Å²) in [7, 11) is 0. The van der Waals surface area contributed by atoms with Crippen LogP contribution < -0.4 is 10.6 Å². The smallest absolute Gasteiger partial charge is 0.326 e. The zero-order valence-corrected chi connectivity index (χ0v) is 11.8. The Labute approximate surface area is 122 Å². The molecule has 0 aromatic carbocycles. The number of aromatic nitrogens is 2. The number of carboxylic acids is 1. The minimum atomic E-state index is -1.07. The number of likely N-dealkylation sites (tertiary alicyclic amines) is 1. The van der Waals surface area contributed by atoms with Crippen LogP contribution in [0.15, 0.2) is 12.5 Å². The maximum Gasteiger partial charge on any atom is 0.326 e. The van der Waals surface area contributed by atoms with Gasteiger partial charge in [0, 0.05) is 31.4 Å². The molecule has 1 aromatic rings. The third-order valence-electron chi connectivity index (χ3n) is 3.49. The molecule has 1 fully saturated rings. The number of amides is 2. The Morgan fingerprint density at radius 3 is 2.81 bits per heavy atom. The molecule has 0 radical (unpaired) electrons. The van der Waals surface area contributed by atoms with E-state index < -0.39 is 18.0 Å². The number of rotatable bonds is 7. The normalized spacial score (nSPS) is 16.6. The van der Waals surface area contributed by atoms with E-state index in [-0.39, 0.29) is 6.42 Å². The number of nitrogens with zero attached hydrogens (tertiary/aromatic N) is 2. The van der Waals surface area contributed by atoms with Gasteiger partial charge in [0.05, 0.1) is 6.33 Å². The minimum Gasteiger partial charge on any atom is -0.480 e. The lowest BCUT2D eigenvalue weighted by molar-refractivity contribution is -0.139. The van der Waals surface area contributed by atoms with Crippen molar-refractivity contribution in [1.29, 1.82) is 0 Å². The Bertz CT molecular complexity index is 456. The highest BCUT2D eigenvalue weighted by atomic mass is 16.4. The molecule has 0 aliphatic carbocycles. The van der Waals surface area contributed by atoms with Crippen molar-refractivity contribution in [3.05, 3.63) is 18.2 Å². The Morgan fingerprint density at radius 1 is 1.43 bits per heavy atom. The lowest BCUT2D eigenvalue weighted by atomic mass is 10.2. The molecule has 1 aliphatic rings. The lowest BCUT2D eigenvalue weighted by Crippen LogP contribution is -2.48. The highest BCUT2D eigenvalue weighted by Gasteiger charge is 2.21. The van der Waals surface area contributed by atoms with E-state index in [1.165, 1.54) is 19.2 Å². The van der Waals surface area contributed by atoms with E-state index in [9.17, 15) is 9.59 Å². The van der Waals surface area contributed by atoms with Gasteiger partial charge in [-0.15, -0.1) is 0 Å². The number of H-pyrrole nitrogens is 1. The lowest BCUT2D eigenvalue weighted by Gasteiger charge is -2.17. The van der Waals surface area contributed by atoms with Gasteiger partial charge >= 0.3 is 12.0 Å². The van der Waals surface area contributed by atoms with Gasteiger partial charge in [-0.1, -0.05) is 0 Å². The molecule has 0 saturated carbocycles. The molecule has 116 valence electrons. The molecular weight excluding hydrogens is 274 g/mol. The average molecular weight is 295 g/mol. The number of urea groups is 1. The molecule has 8 nitrogen and oxygen atoms in total. The van der Waals surface area contributed by atoms with Gasteiger partial charge in [0.2, 0.25) is 0 Å². The molecule has 1 aromatic heterocycles. The van der Waals surface area contributed by atoms with E-state index >= 15 is 0 Å². The number of carbonyl (C=O) groups is 2. The topological polar surface area (TPSA) is 110 Å². The Morgan fingerprint density at radius 2 is 2.19 bits per heavy atom. The summed E-state index contributed by atoms with van der Waals surface area (Å²) in [4.78, 5) is 31.8. The zero-order chi connectivity index (χ0) is 15.1. The summed E-state index contributed by atoms with van der Waals surface area (Å²) in [6, 6.07) is -1.43. The molecule has 8 heteroatoms. The molecule has 0 spiro atoms. The molecule has 1 atom stereocenters. The molecule has 2 rings (SSSR count). The van der Waals surface area contributed by atoms with Gasteiger partial charge in [-0.3, -0.25) is 0 Å².